The molecule has 0 aliphatic carbocycles. The number of rotatable bonds is 5. The minimum atomic E-state index is -0.704. The van der Waals surface area contributed by atoms with Crippen LogP contribution >= 0.6 is 0 Å². The third-order valence-corrected chi connectivity index (χ3v) is 2.28. The molecule has 0 radical (unpaired) electrons. The van der Waals surface area contributed by atoms with Gasteiger partial charge >= 0.3 is 35.5 Å². The van der Waals surface area contributed by atoms with E-state index in [4.69, 9.17) is 5.11 Å². The molecule has 1 atom stereocenters. The maximum atomic E-state index is 10.4. The van der Waals surface area contributed by atoms with E-state index in [1.165, 1.54) is 5.56 Å². The average Bonchev–Trinajstić information content (AvgIpc) is 2.16. The molecule has 0 bridgehead atoms. The third-order valence-electron chi connectivity index (χ3n) is 2.28. The van der Waals surface area contributed by atoms with Gasteiger partial charge in [-0.25, -0.2) is 0 Å². The largest absolute Gasteiger partial charge is 1.00 e. The molecule has 76 valence electrons. The van der Waals surface area contributed by atoms with Gasteiger partial charge in [0.25, 0.3) is 0 Å². The van der Waals surface area contributed by atoms with Crippen LogP contribution in [-0.2, 0) is 11.2 Å². The Labute approximate surface area is 113 Å². The molecule has 0 spiro atoms. The van der Waals surface area contributed by atoms with Crippen LogP contribution in [0.4, 0.5) is 0 Å². The summed E-state index contributed by atoms with van der Waals surface area (Å²) in [7, 11) is 0. The maximum Gasteiger partial charge on any atom is 1.00 e. The Morgan fingerprint density at radius 2 is 1.93 bits per heavy atom. The van der Waals surface area contributed by atoms with Gasteiger partial charge in [-0.3, -0.25) is 4.79 Å². The second-order valence-electron chi connectivity index (χ2n) is 3.73. The molecule has 0 fully saturated rings. The number of carboxylic acid groups (broad SMARTS) is 1. The van der Waals surface area contributed by atoms with E-state index in [0.717, 1.165) is 12.8 Å². The van der Waals surface area contributed by atoms with Crippen LogP contribution in [0.3, 0.4) is 0 Å². The predicted octanol–water partition coefficient (Wildman–Crippen LogP) is -0.266. The summed E-state index contributed by atoms with van der Waals surface area (Å²) in [5.41, 5.74) is 1.28. The van der Waals surface area contributed by atoms with Crippen molar-refractivity contribution in [2.45, 2.75) is 26.2 Å². The van der Waals surface area contributed by atoms with Crippen LogP contribution in [0.1, 0.15) is 25.3 Å². The van der Waals surface area contributed by atoms with Crippen LogP contribution in [0.15, 0.2) is 30.3 Å². The normalized spacial score (nSPS) is 11.5. The van der Waals surface area contributed by atoms with Gasteiger partial charge in [-0.05, 0) is 24.3 Å². The van der Waals surface area contributed by atoms with Gasteiger partial charge in [0.15, 0.2) is 0 Å². The van der Waals surface area contributed by atoms with Gasteiger partial charge in [0.2, 0.25) is 0 Å². The SMILES string of the molecule is CC(CCC(=O)O)Cc1ccccc1.[Na+]. The van der Waals surface area contributed by atoms with Crippen molar-refractivity contribution in [3.63, 3.8) is 0 Å². The molecule has 0 saturated heterocycles. The molecule has 0 saturated carbocycles. The van der Waals surface area contributed by atoms with E-state index in [-0.39, 0.29) is 36.0 Å². The van der Waals surface area contributed by atoms with Crippen molar-refractivity contribution in [2.24, 2.45) is 5.92 Å². The van der Waals surface area contributed by atoms with Crippen molar-refractivity contribution in [3.05, 3.63) is 35.9 Å². The fraction of sp³-hybridized carbons (Fsp3) is 0.417. The number of benzene rings is 1. The van der Waals surface area contributed by atoms with Crippen LogP contribution in [0.2, 0.25) is 0 Å². The zero-order valence-electron chi connectivity index (χ0n) is 9.44. The van der Waals surface area contributed by atoms with Crippen LogP contribution in [0, 0.1) is 5.92 Å². The van der Waals surface area contributed by atoms with Crippen molar-refractivity contribution in [2.75, 3.05) is 0 Å². The Balaban J connectivity index is 0.00000196. The molecule has 1 unspecified atom stereocenters. The van der Waals surface area contributed by atoms with Gasteiger partial charge in [0.05, 0.1) is 0 Å². The Hall–Kier alpha value is -0.310. The van der Waals surface area contributed by atoms with E-state index >= 15 is 0 Å². The maximum absolute atomic E-state index is 10.4. The Kier molecular flexibility index (Phi) is 7.75. The molecule has 1 aromatic carbocycles. The van der Waals surface area contributed by atoms with E-state index in [1.54, 1.807) is 0 Å². The molecule has 0 aromatic heterocycles. The summed E-state index contributed by atoms with van der Waals surface area (Å²) in [6.07, 6.45) is 1.99. The van der Waals surface area contributed by atoms with Gasteiger partial charge in [-0.2, -0.15) is 0 Å². The molecule has 0 aliphatic rings. The summed E-state index contributed by atoms with van der Waals surface area (Å²) in [6.45, 7) is 2.09. The van der Waals surface area contributed by atoms with Crippen molar-refractivity contribution >= 4 is 5.97 Å². The first-order valence-corrected chi connectivity index (χ1v) is 4.94. The predicted molar refractivity (Wildman–Crippen MR) is 56.2 cm³/mol. The zero-order chi connectivity index (χ0) is 10.4. The fourth-order valence-corrected chi connectivity index (χ4v) is 1.49. The molecule has 0 aliphatic heterocycles. The van der Waals surface area contributed by atoms with Gasteiger partial charge in [-0.15, -0.1) is 0 Å². The first kappa shape index (κ1) is 14.7. The standard InChI is InChI=1S/C12H16O2.Na/c1-10(7-8-12(13)14)9-11-5-3-2-4-6-11;/h2-6,10H,7-9H2,1H3,(H,13,14);/q;+1. The number of carboxylic acids is 1. The molecule has 1 N–H and O–H groups in total. The molecule has 2 nitrogen and oxygen atoms in total. The summed E-state index contributed by atoms with van der Waals surface area (Å²) < 4.78 is 0. The van der Waals surface area contributed by atoms with Gasteiger partial charge in [0, 0.05) is 6.42 Å². The quantitative estimate of drug-likeness (QED) is 0.687. The molecule has 0 heterocycles. The van der Waals surface area contributed by atoms with Crippen LogP contribution < -0.4 is 29.6 Å². The van der Waals surface area contributed by atoms with Gasteiger partial charge in [0.1, 0.15) is 0 Å². The second kappa shape index (κ2) is 7.91. The van der Waals surface area contributed by atoms with Crippen molar-refractivity contribution in [3.8, 4) is 0 Å². The monoisotopic (exact) mass is 215 g/mol. The first-order chi connectivity index (χ1) is 6.68. The molecule has 3 heteroatoms. The van der Waals surface area contributed by atoms with Gasteiger partial charge in [-0.1, -0.05) is 37.3 Å². The molecule has 15 heavy (non-hydrogen) atoms. The Bertz CT molecular complexity index is 285. The smallest absolute Gasteiger partial charge is 0.481 e. The van der Waals surface area contributed by atoms with Crippen molar-refractivity contribution in [1.29, 1.82) is 0 Å². The molecular weight excluding hydrogens is 199 g/mol. The zero-order valence-corrected chi connectivity index (χ0v) is 11.4. The Morgan fingerprint density at radius 1 is 1.33 bits per heavy atom. The van der Waals surface area contributed by atoms with E-state index in [2.05, 4.69) is 19.1 Å². The summed E-state index contributed by atoms with van der Waals surface area (Å²) in [4.78, 5) is 10.4. The topological polar surface area (TPSA) is 37.3 Å². The minimum absolute atomic E-state index is 0. The summed E-state index contributed by atoms with van der Waals surface area (Å²) in [5, 5.41) is 8.53. The molecule has 0 amide bonds. The van der Waals surface area contributed by atoms with E-state index in [0.29, 0.717) is 5.92 Å². The van der Waals surface area contributed by atoms with Crippen LogP contribution in [0.25, 0.3) is 0 Å². The number of hydrogen-bond acceptors (Lipinski definition) is 1. The van der Waals surface area contributed by atoms with E-state index in [9.17, 15) is 4.79 Å². The Morgan fingerprint density at radius 3 is 2.47 bits per heavy atom. The van der Waals surface area contributed by atoms with E-state index in [1.807, 2.05) is 18.2 Å². The first-order valence-electron chi connectivity index (χ1n) is 4.94. The number of aliphatic carboxylic acids is 1. The van der Waals surface area contributed by atoms with Crippen LogP contribution in [-0.4, -0.2) is 11.1 Å². The van der Waals surface area contributed by atoms with Crippen LogP contribution in [0.5, 0.6) is 0 Å². The molecular formula is C12H16NaO2+. The summed E-state index contributed by atoms with van der Waals surface area (Å²) >= 11 is 0. The van der Waals surface area contributed by atoms with Crippen molar-refractivity contribution in [1.82, 2.24) is 0 Å². The summed E-state index contributed by atoms with van der Waals surface area (Å²) in [6, 6.07) is 10.2. The molecule has 1 rings (SSSR count). The number of carbonyl (C=O) groups is 1. The fourth-order valence-electron chi connectivity index (χ4n) is 1.49. The van der Waals surface area contributed by atoms with E-state index < -0.39 is 5.97 Å². The van der Waals surface area contributed by atoms with Gasteiger partial charge < -0.3 is 5.11 Å². The number of hydrogen-bond donors (Lipinski definition) is 1. The summed E-state index contributed by atoms with van der Waals surface area (Å²) in [5.74, 6) is -0.265. The minimum Gasteiger partial charge on any atom is -0.481 e. The third kappa shape index (κ3) is 6.72. The second-order valence-corrected chi connectivity index (χ2v) is 3.73. The van der Waals surface area contributed by atoms with Crippen molar-refractivity contribution < 1.29 is 39.5 Å². The average molecular weight is 215 g/mol. The molecule has 1 aromatic rings.